The van der Waals surface area contributed by atoms with Gasteiger partial charge in [-0.1, -0.05) is 12.1 Å². The van der Waals surface area contributed by atoms with Crippen molar-refractivity contribution in [3.05, 3.63) is 60.4 Å². The van der Waals surface area contributed by atoms with Gasteiger partial charge < -0.3 is 15.5 Å². The largest absolute Gasteiger partial charge is 0.369 e. The lowest BCUT2D eigenvalue weighted by Gasteiger charge is -2.24. The van der Waals surface area contributed by atoms with Crippen LogP contribution in [0, 0.1) is 23.5 Å². The van der Waals surface area contributed by atoms with Crippen LogP contribution in [0.2, 0.25) is 0 Å². The van der Waals surface area contributed by atoms with E-state index < -0.39 is 17.7 Å². The summed E-state index contributed by atoms with van der Waals surface area (Å²) in [5.41, 5.74) is 1.40. The lowest BCUT2D eigenvalue weighted by Crippen LogP contribution is -2.26. The maximum atomic E-state index is 13.8. The number of pyridine rings is 1. The molecule has 2 atom stereocenters. The quantitative estimate of drug-likeness (QED) is 0.698. The molecule has 5 nitrogen and oxygen atoms in total. The monoisotopic (exact) mass is 380 g/mol. The Bertz CT molecular complexity index is 1070. The molecule has 3 aromatic rings. The van der Waals surface area contributed by atoms with Gasteiger partial charge in [0.25, 0.3) is 0 Å². The maximum absolute atomic E-state index is 13.8. The number of carbonyl (C=O) groups is 1. The molecule has 1 aliphatic carbocycles. The molecule has 28 heavy (non-hydrogen) atoms. The minimum atomic E-state index is -0.986. The van der Waals surface area contributed by atoms with Crippen LogP contribution in [-0.2, 0) is 0 Å². The molecule has 0 spiro atoms. The minimum Gasteiger partial charge on any atom is -0.369 e. The fourth-order valence-corrected chi connectivity index (χ4v) is 4.00. The number of aromatic nitrogens is 1. The Hall–Kier alpha value is -3.22. The summed E-state index contributed by atoms with van der Waals surface area (Å²) >= 11 is 0. The van der Waals surface area contributed by atoms with Gasteiger partial charge in [0.15, 0.2) is 11.6 Å². The first kappa shape index (κ1) is 16.9. The van der Waals surface area contributed by atoms with Gasteiger partial charge >= 0.3 is 6.03 Å². The highest BCUT2D eigenvalue weighted by molar-refractivity contribution is 6.07. The average molecular weight is 380 g/mol. The third-order valence-electron chi connectivity index (χ3n) is 5.54. The van der Waals surface area contributed by atoms with E-state index in [1.807, 2.05) is 23.1 Å². The van der Waals surface area contributed by atoms with Gasteiger partial charge in [0.2, 0.25) is 0 Å². The van der Waals surface area contributed by atoms with Crippen molar-refractivity contribution in [2.45, 2.75) is 6.42 Å². The summed E-state index contributed by atoms with van der Waals surface area (Å²) in [6.07, 6.45) is 4.56. The van der Waals surface area contributed by atoms with Crippen LogP contribution in [0.25, 0.3) is 10.8 Å². The number of nitrogens with zero attached hydrogens (tertiary/aromatic N) is 2. The number of amides is 2. The van der Waals surface area contributed by atoms with E-state index in [0.29, 0.717) is 23.2 Å². The standard InChI is InChI=1S/C21H18F2N4O/c22-16-7-19(20(8-17(16)23)27-10-13-6-14(13)11-27)26-21(28)25-18-3-1-2-12-9-24-5-4-15(12)18/h1-5,7-9,13-14H,6,10-11H2,(H2,25,26,28). The normalized spacial score (nSPS) is 20.1. The van der Waals surface area contributed by atoms with Crippen molar-refractivity contribution < 1.29 is 13.6 Å². The number of nitrogens with one attached hydrogen (secondary N) is 2. The van der Waals surface area contributed by atoms with E-state index >= 15 is 0 Å². The molecular formula is C21H18F2N4O. The lowest BCUT2D eigenvalue weighted by atomic mass is 10.1. The second-order valence-electron chi connectivity index (χ2n) is 7.43. The summed E-state index contributed by atoms with van der Waals surface area (Å²) in [7, 11) is 0. The maximum Gasteiger partial charge on any atom is 0.323 e. The Morgan fingerprint density at radius 1 is 1.04 bits per heavy atom. The highest BCUT2D eigenvalue weighted by Crippen LogP contribution is 2.47. The van der Waals surface area contributed by atoms with E-state index in [9.17, 15) is 13.6 Å². The number of urea groups is 1. The Morgan fingerprint density at radius 2 is 1.79 bits per heavy atom. The van der Waals surface area contributed by atoms with E-state index in [1.54, 1.807) is 18.5 Å². The van der Waals surface area contributed by atoms with Crippen LogP contribution in [0.15, 0.2) is 48.8 Å². The molecule has 0 bridgehead atoms. The van der Waals surface area contributed by atoms with Crippen LogP contribution in [0.1, 0.15) is 6.42 Å². The second kappa shape index (κ2) is 6.44. The molecule has 2 aromatic carbocycles. The van der Waals surface area contributed by atoms with Crippen LogP contribution in [0.3, 0.4) is 0 Å². The van der Waals surface area contributed by atoms with Gasteiger partial charge in [0, 0.05) is 48.4 Å². The zero-order valence-corrected chi connectivity index (χ0v) is 15.0. The highest BCUT2D eigenvalue weighted by atomic mass is 19.2. The zero-order chi connectivity index (χ0) is 19.3. The first-order chi connectivity index (χ1) is 13.6. The van der Waals surface area contributed by atoms with Crippen LogP contribution in [-0.4, -0.2) is 24.1 Å². The third kappa shape index (κ3) is 3.02. The highest BCUT2D eigenvalue weighted by Gasteiger charge is 2.45. The molecule has 0 radical (unpaired) electrons. The van der Waals surface area contributed by atoms with E-state index in [-0.39, 0.29) is 5.69 Å². The van der Waals surface area contributed by atoms with Gasteiger partial charge in [-0.3, -0.25) is 4.98 Å². The molecule has 2 unspecified atom stereocenters. The van der Waals surface area contributed by atoms with Crippen LogP contribution < -0.4 is 15.5 Å². The molecule has 2 heterocycles. The minimum absolute atomic E-state index is 0.264. The molecule has 1 saturated carbocycles. The van der Waals surface area contributed by atoms with Crippen LogP contribution in [0.4, 0.5) is 30.6 Å². The molecule has 1 saturated heterocycles. The number of hydrogen-bond acceptors (Lipinski definition) is 3. The van der Waals surface area contributed by atoms with Crippen molar-refractivity contribution in [1.82, 2.24) is 4.98 Å². The third-order valence-corrected chi connectivity index (χ3v) is 5.54. The van der Waals surface area contributed by atoms with Crippen molar-refractivity contribution in [3.63, 3.8) is 0 Å². The van der Waals surface area contributed by atoms with E-state index in [1.165, 1.54) is 12.5 Å². The lowest BCUT2D eigenvalue weighted by molar-refractivity contribution is 0.262. The van der Waals surface area contributed by atoms with E-state index in [0.717, 1.165) is 29.9 Å². The Balaban J connectivity index is 1.40. The van der Waals surface area contributed by atoms with Crippen molar-refractivity contribution in [3.8, 4) is 0 Å². The topological polar surface area (TPSA) is 57.3 Å². The molecule has 2 aliphatic rings. The fourth-order valence-electron chi connectivity index (χ4n) is 4.00. The number of piperidine rings is 1. The average Bonchev–Trinajstić information content (AvgIpc) is 3.30. The summed E-state index contributed by atoms with van der Waals surface area (Å²) in [5.74, 6) is -0.652. The number of anilines is 3. The number of fused-ring (bicyclic) bond motifs is 2. The number of carbonyl (C=O) groups excluding carboxylic acids is 1. The first-order valence-corrected chi connectivity index (χ1v) is 9.23. The SMILES string of the molecule is O=C(Nc1cc(F)c(F)cc1N1CC2CC2C1)Nc1cccc2cnccc12. The first-order valence-electron chi connectivity index (χ1n) is 9.23. The van der Waals surface area contributed by atoms with Gasteiger partial charge in [0.1, 0.15) is 0 Å². The Kier molecular flexibility index (Phi) is 3.89. The van der Waals surface area contributed by atoms with Gasteiger partial charge in [-0.15, -0.1) is 0 Å². The van der Waals surface area contributed by atoms with Crippen molar-refractivity contribution in [2.75, 3.05) is 28.6 Å². The van der Waals surface area contributed by atoms with Gasteiger partial charge in [-0.2, -0.15) is 0 Å². The number of hydrogen-bond donors (Lipinski definition) is 2. The van der Waals surface area contributed by atoms with Gasteiger partial charge in [-0.25, -0.2) is 13.6 Å². The van der Waals surface area contributed by atoms with E-state index in [4.69, 9.17) is 0 Å². The molecule has 2 N–H and O–H groups in total. The second-order valence-corrected chi connectivity index (χ2v) is 7.43. The fraction of sp³-hybridized carbons (Fsp3) is 0.238. The van der Waals surface area contributed by atoms with Crippen LogP contribution >= 0.6 is 0 Å². The molecule has 2 fully saturated rings. The number of benzene rings is 2. The summed E-state index contributed by atoms with van der Waals surface area (Å²) in [6.45, 7) is 1.62. The van der Waals surface area contributed by atoms with Crippen LogP contribution in [0.5, 0.6) is 0 Å². The van der Waals surface area contributed by atoms with E-state index in [2.05, 4.69) is 15.6 Å². The predicted molar refractivity (Wildman–Crippen MR) is 105 cm³/mol. The Morgan fingerprint density at radius 3 is 2.61 bits per heavy atom. The molecule has 7 heteroatoms. The molecular weight excluding hydrogens is 362 g/mol. The van der Waals surface area contributed by atoms with Crippen molar-refractivity contribution >= 4 is 33.9 Å². The molecule has 5 rings (SSSR count). The Labute approximate surface area is 160 Å². The summed E-state index contributed by atoms with van der Waals surface area (Å²) in [4.78, 5) is 18.7. The van der Waals surface area contributed by atoms with Crippen molar-refractivity contribution in [2.24, 2.45) is 11.8 Å². The molecule has 2 amide bonds. The summed E-state index contributed by atoms with van der Waals surface area (Å²) in [6, 6.07) is 9.00. The molecule has 142 valence electrons. The zero-order valence-electron chi connectivity index (χ0n) is 15.0. The summed E-state index contributed by atoms with van der Waals surface area (Å²) in [5, 5.41) is 7.21. The molecule has 1 aromatic heterocycles. The summed E-state index contributed by atoms with van der Waals surface area (Å²) < 4.78 is 27.7. The number of halogens is 2. The smallest absolute Gasteiger partial charge is 0.323 e. The van der Waals surface area contributed by atoms with Gasteiger partial charge in [0.05, 0.1) is 17.1 Å². The molecule has 1 aliphatic heterocycles. The van der Waals surface area contributed by atoms with Gasteiger partial charge in [-0.05, 0) is 30.4 Å². The predicted octanol–water partition coefficient (Wildman–Crippen LogP) is 4.61. The van der Waals surface area contributed by atoms with Crippen molar-refractivity contribution in [1.29, 1.82) is 0 Å². The number of rotatable bonds is 3.